The zero-order valence-electron chi connectivity index (χ0n) is 17.0. The summed E-state index contributed by atoms with van der Waals surface area (Å²) in [6.07, 6.45) is 0. The summed E-state index contributed by atoms with van der Waals surface area (Å²) in [5.74, 6) is 2.65. The van der Waals surface area contributed by atoms with Crippen LogP contribution in [0.2, 0.25) is 0 Å². The van der Waals surface area contributed by atoms with E-state index in [0.717, 1.165) is 28.2 Å². The molecule has 5 heteroatoms. The van der Waals surface area contributed by atoms with Crippen LogP contribution < -0.4 is 14.8 Å². The van der Waals surface area contributed by atoms with Gasteiger partial charge in [-0.25, -0.2) is 0 Å². The first-order chi connectivity index (χ1) is 12.8. The highest BCUT2D eigenvalue weighted by Gasteiger charge is 2.12. The van der Waals surface area contributed by atoms with Gasteiger partial charge in [0.25, 0.3) is 0 Å². The van der Waals surface area contributed by atoms with E-state index >= 15 is 0 Å². The Morgan fingerprint density at radius 2 is 1.67 bits per heavy atom. The number of amides is 1. The molecule has 0 bridgehead atoms. The van der Waals surface area contributed by atoms with E-state index < -0.39 is 0 Å². The zero-order chi connectivity index (χ0) is 20.0. The number of rotatable bonds is 8. The van der Waals surface area contributed by atoms with E-state index in [0.29, 0.717) is 11.5 Å². The molecule has 1 atom stereocenters. The van der Waals surface area contributed by atoms with Crippen molar-refractivity contribution in [2.45, 2.75) is 39.5 Å². The highest BCUT2D eigenvalue weighted by molar-refractivity contribution is 7.99. The molecule has 0 unspecified atom stereocenters. The molecular weight excluding hydrogens is 358 g/mol. The Bertz CT molecular complexity index is 804. The second kappa shape index (κ2) is 9.70. The van der Waals surface area contributed by atoms with Crippen LogP contribution in [0.25, 0.3) is 0 Å². The zero-order valence-corrected chi connectivity index (χ0v) is 17.8. The highest BCUT2D eigenvalue weighted by Crippen LogP contribution is 2.31. The van der Waals surface area contributed by atoms with Gasteiger partial charge >= 0.3 is 0 Å². The lowest BCUT2D eigenvalue weighted by molar-refractivity contribution is -0.119. The van der Waals surface area contributed by atoms with Crippen LogP contribution in [-0.2, 0) is 10.5 Å². The van der Waals surface area contributed by atoms with Crippen molar-refractivity contribution in [3.63, 3.8) is 0 Å². The quantitative estimate of drug-likeness (QED) is 0.711. The van der Waals surface area contributed by atoms with Crippen LogP contribution in [0.5, 0.6) is 11.5 Å². The predicted octanol–water partition coefficient (Wildman–Crippen LogP) is 4.74. The minimum Gasteiger partial charge on any atom is -0.493 e. The second-order valence-electron chi connectivity index (χ2n) is 6.76. The van der Waals surface area contributed by atoms with Crippen molar-refractivity contribution in [3.05, 3.63) is 58.1 Å². The fraction of sp³-hybridized carbons (Fsp3) is 0.409. The summed E-state index contributed by atoms with van der Waals surface area (Å²) in [5.41, 5.74) is 5.91. The van der Waals surface area contributed by atoms with E-state index in [1.165, 1.54) is 11.1 Å². The van der Waals surface area contributed by atoms with E-state index in [1.54, 1.807) is 26.0 Å². The summed E-state index contributed by atoms with van der Waals surface area (Å²) >= 11 is 1.60. The minimum atomic E-state index is 0.000201. The molecule has 1 amide bonds. The van der Waals surface area contributed by atoms with Crippen LogP contribution in [0.15, 0.2) is 30.3 Å². The van der Waals surface area contributed by atoms with Gasteiger partial charge in [-0.1, -0.05) is 18.2 Å². The summed E-state index contributed by atoms with van der Waals surface area (Å²) in [6, 6.07) is 10.3. The number of thioether (sulfide) groups is 1. The third-order valence-electron chi connectivity index (χ3n) is 4.74. The van der Waals surface area contributed by atoms with Gasteiger partial charge in [0.15, 0.2) is 11.5 Å². The monoisotopic (exact) mass is 387 g/mol. The fourth-order valence-electron chi connectivity index (χ4n) is 2.83. The van der Waals surface area contributed by atoms with Crippen LogP contribution >= 0.6 is 11.8 Å². The van der Waals surface area contributed by atoms with Crippen LogP contribution in [0.4, 0.5) is 0 Å². The number of methoxy groups -OCH3 is 2. The van der Waals surface area contributed by atoms with Crippen LogP contribution in [0, 0.1) is 20.8 Å². The average molecular weight is 388 g/mol. The number of ether oxygens (including phenoxy) is 2. The van der Waals surface area contributed by atoms with Gasteiger partial charge in [0.05, 0.1) is 26.0 Å². The predicted molar refractivity (Wildman–Crippen MR) is 113 cm³/mol. The normalized spacial score (nSPS) is 11.8. The van der Waals surface area contributed by atoms with Crippen LogP contribution in [0.1, 0.15) is 40.8 Å². The molecule has 0 aromatic heterocycles. The summed E-state index contributed by atoms with van der Waals surface area (Å²) < 4.78 is 10.7. The first kappa shape index (κ1) is 21.2. The number of hydrogen-bond acceptors (Lipinski definition) is 4. The molecule has 0 saturated carbocycles. The van der Waals surface area contributed by atoms with Crippen molar-refractivity contribution < 1.29 is 14.3 Å². The first-order valence-electron chi connectivity index (χ1n) is 9.01. The van der Waals surface area contributed by atoms with Crippen molar-refractivity contribution in [2.75, 3.05) is 20.0 Å². The van der Waals surface area contributed by atoms with Gasteiger partial charge in [-0.15, -0.1) is 11.8 Å². The van der Waals surface area contributed by atoms with E-state index in [2.05, 4.69) is 37.4 Å². The SMILES string of the molecule is COc1cc(C)c(CSCC(=O)N[C@H](C)c2ccc(C)c(C)c2)cc1OC. The summed E-state index contributed by atoms with van der Waals surface area (Å²) in [6.45, 7) is 8.24. The lowest BCUT2D eigenvalue weighted by Gasteiger charge is -2.16. The summed E-state index contributed by atoms with van der Waals surface area (Å²) in [5, 5.41) is 3.08. The molecule has 27 heavy (non-hydrogen) atoms. The molecule has 0 aliphatic rings. The Hall–Kier alpha value is -2.14. The number of aryl methyl sites for hydroxylation is 3. The summed E-state index contributed by atoms with van der Waals surface area (Å²) in [7, 11) is 3.26. The maximum absolute atomic E-state index is 12.3. The molecular formula is C22H29NO3S. The lowest BCUT2D eigenvalue weighted by Crippen LogP contribution is -2.28. The number of carbonyl (C=O) groups excluding carboxylic acids is 1. The molecule has 1 N–H and O–H groups in total. The van der Waals surface area contributed by atoms with E-state index in [4.69, 9.17) is 9.47 Å². The standard InChI is InChI=1S/C22H29NO3S/c1-14-7-8-18(9-15(14)2)17(4)23-22(24)13-27-12-19-11-21(26-6)20(25-5)10-16(19)3/h7-11,17H,12-13H2,1-6H3,(H,23,24)/t17-/m1/s1. The van der Waals surface area contributed by atoms with Gasteiger partial charge in [-0.3, -0.25) is 4.79 Å². The molecule has 2 aromatic rings. The molecule has 0 spiro atoms. The lowest BCUT2D eigenvalue weighted by atomic mass is 10.0. The fourth-order valence-corrected chi connectivity index (χ4v) is 3.73. The van der Waals surface area contributed by atoms with Crippen molar-refractivity contribution in [3.8, 4) is 11.5 Å². The molecule has 0 aliphatic carbocycles. The molecule has 0 aliphatic heterocycles. The van der Waals surface area contributed by atoms with Gasteiger partial charge in [0.1, 0.15) is 0 Å². The molecule has 2 aromatic carbocycles. The van der Waals surface area contributed by atoms with E-state index in [-0.39, 0.29) is 11.9 Å². The first-order valence-corrected chi connectivity index (χ1v) is 10.2. The van der Waals surface area contributed by atoms with Gasteiger partial charge in [0, 0.05) is 5.75 Å². The third kappa shape index (κ3) is 5.67. The van der Waals surface area contributed by atoms with Crippen molar-refractivity contribution >= 4 is 17.7 Å². The number of hydrogen-bond donors (Lipinski definition) is 1. The highest BCUT2D eigenvalue weighted by atomic mass is 32.2. The minimum absolute atomic E-state index is 0.000201. The van der Waals surface area contributed by atoms with E-state index in [9.17, 15) is 4.79 Å². The van der Waals surface area contributed by atoms with Crippen molar-refractivity contribution in [1.82, 2.24) is 5.32 Å². The number of benzene rings is 2. The Morgan fingerprint density at radius 1 is 1.00 bits per heavy atom. The largest absolute Gasteiger partial charge is 0.493 e. The molecule has 0 saturated heterocycles. The number of carbonyl (C=O) groups is 1. The average Bonchev–Trinajstić information content (AvgIpc) is 2.64. The van der Waals surface area contributed by atoms with Gasteiger partial charge in [-0.2, -0.15) is 0 Å². The number of nitrogens with one attached hydrogen (secondary N) is 1. The smallest absolute Gasteiger partial charge is 0.230 e. The maximum atomic E-state index is 12.3. The van der Waals surface area contributed by atoms with Crippen molar-refractivity contribution in [1.29, 1.82) is 0 Å². The molecule has 146 valence electrons. The molecule has 0 heterocycles. The Labute approximate surface area is 166 Å². The second-order valence-corrected chi connectivity index (χ2v) is 7.74. The molecule has 0 fully saturated rings. The van der Waals surface area contributed by atoms with Crippen molar-refractivity contribution in [2.24, 2.45) is 0 Å². The summed E-state index contributed by atoms with van der Waals surface area (Å²) in [4.78, 5) is 12.3. The van der Waals surface area contributed by atoms with Gasteiger partial charge in [-0.05, 0) is 67.6 Å². The molecule has 4 nitrogen and oxygen atoms in total. The molecule has 0 radical (unpaired) electrons. The van der Waals surface area contributed by atoms with Gasteiger partial charge in [0.2, 0.25) is 5.91 Å². The Kier molecular flexibility index (Phi) is 7.60. The Balaban J connectivity index is 1.89. The van der Waals surface area contributed by atoms with Crippen LogP contribution in [-0.4, -0.2) is 25.9 Å². The van der Waals surface area contributed by atoms with Gasteiger partial charge < -0.3 is 14.8 Å². The van der Waals surface area contributed by atoms with Crippen LogP contribution in [0.3, 0.4) is 0 Å². The topological polar surface area (TPSA) is 47.6 Å². The Morgan fingerprint density at radius 3 is 2.30 bits per heavy atom. The van der Waals surface area contributed by atoms with E-state index in [1.807, 2.05) is 26.0 Å². The third-order valence-corrected chi connectivity index (χ3v) is 5.72. The molecule has 2 rings (SSSR count). The maximum Gasteiger partial charge on any atom is 0.230 e.